The van der Waals surface area contributed by atoms with Crippen molar-refractivity contribution in [2.45, 2.75) is 26.8 Å². The Bertz CT molecular complexity index is 680. The van der Waals surface area contributed by atoms with Gasteiger partial charge in [-0.05, 0) is 19.9 Å². The first-order valence-electron chi connectivity index (χ1n) is 6.49. The number of carboxylic acids is 1. The molecule has 0 bridgehead atoms. The van der Waals surface area contributed by atoms with Gasteiger partial charge in [0.1, 0.15) is 11.6 Å². The van der Waals surface area contributed by atoms with Crippen molar-refractivity contribution in [2.24, 2.45) is 0 Å². The van der Waals surface area contributed by atoms with Crippen LogP contribution in [0.4, 0.5) is 4.39 Å². The summed E-state index contributed by atoms with van der Waals surface area (Å²) in [6.07, 6.45) is -0.0806. The van der Waals surface area contributed by atoms with E-state index in [1.165, 1.54) is 13.2 Å². The Morgan fingerprint density at radius 2 is 2.14 bits per heavy atom. The molecule has 0 saturated heterocycles. The summed E-state index contributed by atoms with van der Waals surface area (Å²) in [5.74, 6) is -0.825. The van der Waals surface area contributed by atoms with Gasteiger partial charge in [0.05, 0.1) is 25.8 Å². The highest BCUT2D eigenvalue weighted by Crippen LogP contribution is 2.19. The van der Waals surface area contributed by atoms with Crippen molar-refractivity contribution in [3.05, 3.63) is 46.5 Å². The first-order valence-corrected chi connectivity index (χ1v) is 6.49. The number of carbonyl (C=O) groups is 1. The number of aromatic nitrogens is 2. The number of ether oxygens (including phenoxy) is 1. The topological polar surface area (TPSA) is 64.4 Å². The molecule has 112 valence electrons. The van der Waals surface area contributed by atoms with E-state index in [0.29, 0.717) is 22.6 Å². The minimum absolute atomic E-state index is 0.0806. The van der Waals surface area contributed by atoms with E-state index in [4.69, 9.17) is 9.84 Å². The summed E-state index contributed by atoms with van der Waals surface area (Å²) in [7, 11) is 1.48. The van der Waals surface area contributed by atoms with Gasteiger partial charge in [-0.3, -0.25) is 9.48 Å². The lowest BCUT2D eigenvalue weighted by atomic mass is 10.1. The zero-order valence-corrected chi connectivity index (χ0v) is 12.2. The van der Waals surface area contributed by atoms with Crippen LogP contribution in [0.2, 0.25) is 0 Å². The van der Waals surface area contributed by atoms with E-state index in [1.807, 2.05) is 0 Å². The summed E-state index contributed by atoms with van der Waals surface area (Å²) in [5, 5.41) is 13.2. The molecule has 0 aliphatic rings. The van der Waals surface area contributed by atoms with Crippen LogP contribution in [0.15, 0.2) is 18.2 Å². The molecule has 2 aromatic rings. The van der Waals surface area contributed by atoms with Crippen molar-refractivity contribution >= 4 is 5.97 Å². The maximum atomic E-state index is 14.0. The van der Waals surface area contributed by atoms with Crippen LogP contribution in [0.1, 0.15) is 22.5 Å². The van der Waals surface area contributed by atoms with Crippen molar-refractivity contribution in [3.63, 3.8) is 0 Å². The fourth-order valence-electron chi connectivity index (χ4n) is 2.24. The molecule has 0 unspecified atom stereocenters. The molecule has 0 radical (unpaired) electrons. The highest BCUT2D eigenvalue weighted by molar-refractivity contribution is 5.70. The van der Waals surface area contributed by atoms with Crippen LogP contribution in [-0.4, -0.2) is 28.0 Å². The largest absolute Gasteiger partial charge is 0.497 e. The summed E-state index contributed by atoms with van der Waals surface area (Å²) >= 11 is 0. The maximum Gasteiger partial charge on any atom is 0.307 e. The summed E-state index contributed by atoms with van der Waals surface area (Å²) in [5.41, 5.74) is 2.55. The van der Waals surface area contributed by atoms with E-state index in [2.05, 4.69) is 5.10 Å². The lowest BCUT2D eigenvalue weighted by molar-refractivity contribution is -0.136. The molecule has 0 fully saturated rings. The molecule has 0 spiro atoms. The van der Waals surface area contributed by atoms with E-state index in [-0.39, 0.29) is 18.8 Å². The van der Waals surface area contributed by atoms with Crippen LogP contribution >= 0.6 is 0 Å². The minimum Gasteiger partial charge on any atom is -0.497 e. The summed E-state index contributed by atoms with van der Waals surface area (Å²) in [6.45, 7) is 3.80. The van der Waals surface area contributed by atoms with Crippen LogP contribution in [0.25, 0.3) is 0 Å². The van der Waals surface area contributed by atoms with Gasteiger partial charge in [-0.1, -0.05) is 6.07 Å². The van der Waals surface area contributed by atoms with E-state index in [0.717, 1.165) is 5.69 Å². The Morgan fingerprint density at radius 3 is 2.71 bits per heavy atom. The fraction of sp³-hybridized carbons (Fsp3) is 0.333. The molecule has 0 aliphatic carbocycles. The molecule has 21 heavy (non-hydrogen) atoms. The van der Waals surface area contributed by atoms with Crippen LogP contribution in [-0.2, 0) is 17.8 Å². The Kier molecular flexibility index (Phi) is 4.26. The van der Waals surface area contributed by atoms with Crippen LogP contribution in [0.5, 0.6) is 5.75 Å². The number of carboxylic acid groups (broad SMARTS) is 1. The van der Waals surface area contributed by atoms with Crippen molar-refractivity contribution in [2.75, 3.05) is 7.11 Å². The molecular formula is C15H17FN2O3. The maximum absolute atomic E-state index is 14.0. The number of aryl methyl sites for hydroxylation is 1. The number of hydrogen-bond acceptors (Lipinski definition) is 3. The van der Waals surface area contributed by atoms with Gasteiger partial charge in [0.25, 0.3) is 0 Å². The second kappa shape index (κ2) is 5.95. The average Bonchev–Trinajstić information content (AvgIpc) is 2.68. The molecule has 2 rings (SSSR count). The second-order valence-electron chi connectivity index (χ2n) is 4.83. The lowest BCUT2D eigenvalue weighted by Gasteiger charge is -2.08. The molecule has 0 amide bonds. The SMILES string of the molecule is COc1ccc(Cn2nc(C)c(CC(=O)O)c2C)c(F)c1. The first-order chi connectivity index (χ1) is 9.92. The Labute approximate surface area is 122 Å². The zero-order valence-electron chi connectivity index (χ0n) is 12.2. The van der Waals surface area contributed by atoms with Gasteiger partial charge in [-0.25, -0.2) is 4.39 Å². The smallest absolute Gasteiger partial charge is 0.307 e. The molecule has 5 nitrogen and oxygen atoms in total. The van der Waals surface area contributed by atoms with E-state index in [1.54, 1.807) is 30.7 Å². The number of benzene rings is 1. The molecule has 0 saturated carbocycles. The molecular weight excluding hydrogens is 275 g/mol. The highest BCUT2D eigenvalue weighted by Gasteiger charge is 2.15. The molecule has 0 atom stereocenters. The molecule has 1 N–H and O–H groups in total. The normalized spacial score (nSPS) is 10.7. The lowest BCUT2D eigenvalue weighted by Crippen LogP contribution is -2.07. The van der Waals surface area contributed by atoms with Crippen molar-refractivity contribution in [1.29, 1.82) is 0 Å². The van der Waals surface area contributed by atoms with Gasteiger partial charge in [-0.2, -0.15) is 5.10 Å². The third kappa shape index (κ3) is 3.21. The van der Waals surface area contributed by atoms with Crippen molar-refractivity contribution < 1.29 is 19.0 Å². The number of rotatable bonds is 5. The first kappa shape index (κ1) is 15.0. The monoisotopic (exact) mass is 292 g/mol. The summed E-state index contributed by atoms with van der Waals surface area (Å²) < 4.78 is 20.5. The predicted molar refractivity (Wildman–Crippen MR) is 75.1 cm³/mol. The quantitative estimate of drug-likeness (QED) is 0.918. The zero-order chi connectivity index (χ0) is 15.6. The summed E-state index contributed by atoms with van der Waals surface area (Å²) in [6, 6.07) is 4.64. The van der Waals surface area contributed by atoms with Crippen LogP contribution in [0, 0.1) is 19.7 Å². The van der Waals surface area contributed by atoms with Gasteiger partial charge in [0, 0.05) is 22.9 Å². The predicted octanol–water partition coefficient (Wildman–Crippen LogP) is 2.32. The van der Waals surface area contributed by atoms with Gasteiger partial charge < -0.3 is 9.84 Å². The van der Waals surface area contributed by atoms with Crippen LogP contribution in [0.3, 0.4) is 0 Å². The molecule has 0 aliphatic heterocycles. The fourth-order valence-corrected chi connectivity index (χ4v) is 2.24. The van der Waals surface area contributed by atoms with Crippen LogP contribution < -0.4 is 4.74 Å². The second-order valence-corrected chi connectivity index (χ2v) is 4.83. The van der Waals surface area contributed by atoms with Crippen molar-refractivity contribution in [3.8, 4) is 5.75 Å². The molecule has 1 heterocycles. The van der Waals surface area contributed by atoms with Gasteiger partial charge in [0.2, 0.25) is 0 Å². The van der Waals surface area contributed by atoms with Gasteiger partial charge in [0.15, 0.2) is 0 Å². The number of aliphatic carboxylic acids is 1. The number of nitrogens with zero attached hydrogens (tertiary/aromatic N) is 2. The number of hydrogen-bond donors (Lipinski definition) is 1. The third-order valence-electron chi connectivity index (χ3n) is 3.44. The third-order valence-corrected chi connectivity index (χ3v) is 3.44. The average molecular weight is 292 g/mol. The highest BCUT2D eigenvalue weighted by atomic mass is 19.1. The van der Waals surface area contributed by atoms with Gasteiger partial charge >= 0.3 is 5.97 Å². The number of halogens is 1. The molecule has 6 heteroatoms. The van der Waals surface area contributed by atoms with E-state index in [9.17, 15) is 9.18 Å². The Balaban J connectivity index is 2.30. The van der Waals surface area contributed by atoms with Crippen molar-refractivity contribution in [1.82, 2.24) is 9.78 Å². The van der Waals surface area contributed by atoms with Gasteiger partial charge in [-0.15, -0.1) is 0 Å². The Morgan fingerprint density at radius 1 is 1.43 bits per heavy atom. The van der Waals surface area contributed by atoms with E-state index < -0.39 is 5.97 Å². The Hall–Kier alpha value is -2.37. The molecule has 1 aromatic carbocycles. The standard InChI is InChI=1S/C15H17FN2O3/c1-9-13(7-15(19)20)10(2)18(17-9)8-11-4-5-12(21-3)6-14(11)16/h4-6H,7-8H2,1-3H3,(H,19,20). The summed E-state index contributed by atoms with van der Waals surface area (Å²) in [4.78, 5) is 10.9. The number of methoxy groups -OCH3 is 1. The van der Waals surface area contributed by atoms with E-state index >= 15 is 0 Å². The molecule has 1 aromatic heterocycles. The minimum atomic E-state index is -0.906.